The van der Waals surface area contributed by atoms with Gasteiger partial charge >= 0.3 is 0 Å². The van der Waals surface area contributed by atoms with E-state index in [1.54, 1.807) is 44.2 Å². The zero-order valence-corrected chi connectivity index (χ0v) is 14.2. The van der Waals surface area contributed by atoms with Crippen LogP contribution in [0.4, 0.5) is 0 Å². The molecule has 0 amide bonds. The van der Waals surface area contributed by atoms with E-state index in [2.05, 4.69) is 9.93 Å². The van der Waals surface area contributed by atoms with Crippen molar-refractivity contribution in [2.75, 3.05) is 0 Å². The summed E-state index contributed by atoms with van der Waals surface area (Å²) in [6.45, 7) is 5.29. The Labute approximate surface area is 135 Å². The van der Waals surface area contributed by atoms with Gasteiger partial charge in [-0.15, -0.1) is 0 Å². The zero-order chi connectivity index (χ0) is 16.3. The maximum Gasteiger partial charge on any atom is 0.276 e. The average Bonchev–Trinajstić information content (AvgIpc) is 2.48. The van der Waals surface area contributed by atoms with Crippen molar-refractivity contribution in [3.63, 3.8) is 0 Å². The number of rotatable bonds is 4. The maximum absolute atomic E-state index is 12.4. The molecule has 0 aliphatic heterocycles. The first-order valence-corrected chi connectivity index (χ1v) is 8.55. The molecule has 0 unspecified atom stereocenters. The van der Waals surface area contributed by atoms with Crippen molar-refractivity contribution in [1.82, 2.24) is 4.83 Å². The highest BCUT2D eigenvalue weighted by Crippen LogP contribution is 2.18. The number of hydrazone groups is 1. The molecule has 0 saturated heterocycles. The van der Waals surface area contributed by atoms with Gasteiger partial charge in [0, 0.05) is 10.6 Å². The van der Waals surface area contributed by atoms with Crippen LogP contribution in [0.15, 0.2) is 52.5 Å². The van der Waals surface area contributed by atoms with E-state index in [4.69, 9.17) is 11.6 Å². The molecule has 1 N–H and O–H groups in total. The maximum atomic E-state index is 12.4. The number of aryl methyl sites for hydroxylation is 2. The first kappa shape index (κ1) is 16.5. The van der Waals surface area contributed by atoms with Crippen LogP contribution in [0.5, 0.6) is 0 Å². The first-order valence-electron chi connectivity index (χ1n) is 6.69. The van der Waals surface area contributed by atoms with Crippen LogP contribution >= 0.6 is 11.6 Å². The molecular formula is C16H17ClN2O2S. The van der Waals surface area contributed by atoms with Gasteiger partial charge in [-0.3, -0.25) is 0 Å². The number of hydrogen-bond acceptors (Lipinski definition) is 3. The number of halogens is 1. The third kappa shape index (κ3) is 3.67. The summed E-state index contributed by atoms with van der Waals surface area (Å²) in [5.41, 5.74) is 2.73. The molecular weight excluding hydrogens is 320 g/mol. The van der Waals surface area contributed by atoms with Crippen molar-refractivity contribution in [2.45, 2.75) is 25.7 Å². The van der Waals surface area contributed by atoms with Crippen LogP contribution in [0, 0.1) is 13.8 Å². The van der Waals surface area contributed by atoms with Crippen molar-refractivity contribution in [3.05, 3.63) is 64.2 Å². The summed E-state index contributed by atoms with van der Waals surface area (Å²) >= 11 is 6.07. The fraction of sp³-hybridized carbons (Fsp3) is 0.188. The Kier molecular flexibility index (Phi) is 4.88. The Morgan fingerprint density at radius 2 is 1.82 bits per heavy atom. The molecule has 0 heterocycles. The largest absolute Gasteiger partial charge is 0.276 e. The molecule has 0 aromatic heterocycles. The highest BCUT2D eigenvalue weighted by molar-refractivity contribution is 7.89. The van der Waals surface area contributed by atoms with Crippen molar-refractivity contribution < 1.29 is 8.42 Å². The van der Waals surface area contributed by atoms with Crippen molar-refractivity contribution in [1.29, 1.82) is 0 Å². The van der Waals surface area contributed by atoms with Gasteiger partial charge in [-0.05, 0) is 44.0 Å². The molecule has 6 heteroatoms. The van der Waals surface area contributed by atoms with Gasteiger partial charge in [-0.25, -0.2) is 0 Å². The fourth-order valence-corrected chi connectivity index (χ4v) is 3.45. The lowest BCUT2D eigenvalue weighted by molar-refractivity contribution is 0.583. The smallest absolute Gasteiger partial charge is 0.200 e. The SMILES string of the molecule is C/C(=N\NS(=O)(=O)c1cc(C)ccc1C)c1ccccc1Cl. The second kappa shape index (κ2) is 6.50. The number of nitrogens with one attached hydrogen (secondary N) is 1. The molecule has 0 spiro atoms. The number of benzene rings is 2. The van der Waals surface area contributed by atoms with Crippen LogP contribution in [0.25, 0.3) is 0 Å². The van der Waals surface area contributed by atoms with E-state index in [9.17, 15) is 8.42 Å². The lowest BCUT2D eigenvalue weighted by atomic mass is 10.1. The summed E-state index contributed by atoms with van der Waals surface area (Å²) in [7, 11) is -3.71. The van der Waals surface area contributed by atoms with E-state index < -0.39 is 10.0 Å². The molecule has 2 aromatic carbocycles. The Bertz CT molecular complexity index is 830. The van der Waals surface area contributed by atoms with Crippen LogP contribution in [0.1, 0.15) is 23.6 Å². The second-order valence-corrected chi connectivity index (χ2v) is 7.08. The summed E-state index contributed by atoms with van der Waals surface area (Å²) in [6.07, 6.45) is 0. The van der Waals surface area contributed by atoms with E-state index in [0.29, 0.717) is 21.9 Å². The Hall–Kier alpha value is -1.85. The topological polar surface area (TPSA) is 58.5 Å². The van der Waals surface area contributed by atoms with E-state index in [0.717, 1.165) is 5.56 Å². The number of nitrogens with zero attached hydrogens (tertiary/aromatic N) is 1. The van der Waals surface area contributed by atoms with Crippen LogP contribution in [0.2, 0.25) is 5.02 Å². The third-order valence-electron chi connectivity index (χ3n) is 3.23. The summed E-state index contributed by atoms with van der Waals surface area (Å²) in [6, 6.07) is 12.4. The van der Waals surface area contributed by atoms with Crippen LogP contribution < -0.4 is 4.83 Å². The molecule has 2 rings (SSSR count). The van der Waals surface area contributed by atoms with Crippen molar-refractivity contribution in [2.24, 2.45) is 5.10 Å². The van der Waals surface area contributed by atoms with Gasteiger partial charge in [0.05, 0.1) is 10.6 Å². The van der Waals surface area contributed by atoms with E-state index in [1.165, 1.54) is 0 Å². The summed E-state index contributed by atoms with van der Waals surface area (Å²) in [5.74, 6) is 0. The Morgan fingerprint density at radius 1 is 1.14 bits per heavy atom. The predicted octanol–water partition coefficient (Wildman–Crippen LogP) is 3.66. The minimum atomic E-state index is -3.71. The van der Waals surface area contributed by atoms with Gasteiger partial charge in [-0.2, -0.15) is 18.4 Å². The highest BCUT2D eigenvalue weighted by atomic mass is 35.5. The van der Waals surface area contributed by atoms with Crippen molar-refractivity contribution in [3.8, 4) is 0 Å². The predicted molar refractivity (Wildman–Crippen MR) is 89.9 cm³/mol. The standard InChI is InChI=1S/C16H17ClN2O2S/c1-11-8-9-12(2)16(10-11)22(20,21)19-18-13(3)14-6-4-5-7-15(14)17/h4-10,19H,1-3H3/b18-13+. The normalized spacial score (nSPS) is 12.3. The van der Waals surface area contributed by atoms with Gasteiger partial charge in [0.25, 0.3) is 10.0 Å². The van der Waals surface area contributed by atoms with Gasteiger partial charge in [0.15, 0.2) is 0 Å². The summed E-state index contributed by atoms with van der Waals surface area (Å²) in [5, 5.41) is 4.49. The first-order chi connectivity index (χ1) is 10.3. The molecule has 0 aliphatic carbocycles. The molecule has 0 fully saturated rings. The summed E-state index contributed by atoms with van der Waals surface area (Å²) < 4.78 is 24.7. The average molecular weight is 337 g/mol. The van der Waals surface area contributed by atoms with Gasteiger partial charge in [0.1, 0.15) is 0 Å². The number of hydrogen-bond donors (Lipinski definition) is 1. The molecule has 0 aliphatic rings. The van der Waals surface area contributed by atoms with Crippen LogP contribution in [-0.4, -0.2) is 14.1 Å². The zero-order valence-electron chi connectivity index (χ0n) is 12.6. The lowest BCUT2D eigenvalue weighted by Crippen LogP contribution is -2.21. The Morgan fingerprint density at radius 3 is 2.50 bits per heavy atom. The molecule has 0 radical (unpaired) electrons. The van der Waals surface area contributed by atoms with Crippen molar-refractivity contribution >= 4 is 27.3 Å². The van der Waals surface area contributed by atoms with Gasteiger partial charge < -0.3 is 0 Å². The molecule has 0 atom stereocenters. The quantitative estimate of drug-likeness (QED) is 0.684. The monoisotopic (exact) mass is 336 g/mol. The molecule has 116 valence electrons. The van der Waals surface area contributed by atoms with E-state index in [1.807, 2.05) is 19.1 Å². The van der Waals surface area contributed by atoms with E-state index >= 15 is 0 Å². The lowest BCUT2D eigenvalue weighted by Gasteiger charge is -2.09. The van der Waals surface area contributed by atoms with E-state index in [-0.39, 0.29) is 4.90 Å². The number of sulfonamides is 1. The third-order valence-corrected chi connectivity index (χ3v) is 4.91. The van der Waals surface area contributed by atoms with Crippen LogP contribution in [-0.2, 0) is 10.0 Å². The molecule has 22 heavy (non-hydrogen) atoms. The van der Waals surface area contributed by atoms with Gasteiger partial charge in [0.2, 0.25) is 0 Å². The molecule has 2 aromatic rings. The second-order valence-electron chi connectivity index (χ2n) is 5.04. The summed E-state index contributed by atoms with van der Waals surface area (Å²) in [4.78, 5) is 2.50. The molecule has 0 bridgehead atoms. The van der Waals surface area contributed by atoms with Gasteiger partial charge in [-0.1, -0.05) is 41.9 Å². The molecule has 4 nitrogen and oxygen atoms in total. The molecule has 0 saturated carbocycles. The minimum absolute atomic E-state index is 0.225. The Balaban J connectivity index is 2.32. The fourth-order valence-electron chi connectivity index (χ4n) is 1.99. The highest BCUT2D eigenvalue weighted by Gasteiger charge is 2.16. The minimum Gasteiger partial charge on any atom is -0.200 e. The van der Waals surface area contributed by atoms with Crippen LogP contribution in [0.3, 0.4) is 0 Å².